The molecule has 0 aromatic rings. The lowest BCUT2D eigenvalue weighted by molar-refractivity contribution is -0.161. The average molecular weight is 1430 g/mol. The van der Waals surface area contributed by atoms with Gasteiger partial charge in [-0.25, -0.2) is 9.13 Å². The number of carbonyl (C=O) groups excluding carboxylic acids is 4. The summed E-state index contributed by atoms with van der Waals surface area (Å²) in [5.41, 5.74) is 0. The largest absolute Gasteiger partial charge is 0.472 e. The molecular formula is C79H142O17P2. The van der Waals surface area contributed by atoms with E-state index in [1.54, 1.807) is 0 Å². The number of allylic oxidation sites excluding steroid dienone is 12. The Kier molecular flexibility index (Phi) is 69.3. The molecule has 0 fully saturated rings. The number of unbranched alkanes of at least 4 members (excludes halogenated alkanes) is 36. The van der Waals surface area contributed by atoms with Crippen molar-refractivity contribution in [3.05, 3.63) is 72.9 Å². The number of rotatable bonds is 74. The maximum atomic E-state index is 13.1. The molecule has 17 nitrogen and oxygen atoms in total. The number of esters is 4. The minimum Gasteiger partial charge on any atom is -0.462 e. The van der Waals surface area contributed by atoms with Crippen molar-refractivity contribution >= 4 is 39.5 Å². The first-order valence-corrected chi connectivity index (χ1v) is 42.2. The van der Waals surface area contributed by atoms with E-state index in [9.17, 15) is 43.2 Å². The van der Waals surface area contributed by atoms with E-state index in [0.717, 1.165) is 161 Å². The molecule has 0 saturated heterocycles. The molecule has 0 aliphatic rings. The van der Waals surface area contributed by atoms with Crippen molar-refractivity contribution in [1.82, 2.24) is 0 Å². The lowest BCUT2D eigenvalue weighted by atomic mass is 10.0. The van der Waals surface area contributed by atoms with E-state index in [0.29, 0.717) is 25.7 Å². The molecular weight excluding hydrogens is 1280 g/mol. The zero-order chi connectivity index (χ0) is 71.8. The first kappa shape index (κ1) is 94.5. The monoisotopic (exact) mass is 1420 g/mol. The number of phosphoric acid groups is 2. The summed E-state index contributed by atoms with van der Waals surface area (Å²) in [6.07, 6.45) is 71.7. The minimum absolute atomic E-state index is 0.0841. The van der Waals surface area contributed by atoms with Gasteiger partial charge in [0.2, 0.25) is 0 Å². The Labute approximate surface area is 596 Å². The third kappa shape index (κ3) is 70.9. The van der Waals surface area contributed by atoms with E-state index in [4.69, 9.17) is 37.0 Å². The molecule has 19 heteroatoms. The van der Waals surface area contributed by atoms with Gasteiger partial charge in [-0.3, -0.25) is 37.3 Å². The molecule has 0 aromatic heterocycles. The van der Waals surface area contributed by atoms with E-state index in [2.05, 4.69) is 101 Å². The van der Waals surface area contributed by atoms with Crippen molar-refractivity contribution in [2.45, 2.75) is 367 Å². The van der Waals surface area contributed by atoms with Crippen LogP contribution < -0.4 is 0 Å². The lowest BCUT2D eigenvalue weighted by Gasteiger charge is -2.21. The minimum atomic E-state index is -4.98. The van der Waals surface area contributed by atoms with Crippen LogP contribution in [0, 0.1) is 0 Å². The van der Waals surface area contributed by atoms with Crippen LogP contribution in [0.5, 0.6) is 0 Å². The fourth-order valence-electron chi connectivity index (χ4n) is 10.7. The molecule has 570 valence electrons. The summed E-state index contributed by atoms with van der Waals surface area (Å²) in [5.74, 6) is -2.18. The van der Waals surface area contributed by atoms with Gasteiger partial charge < -0.3 is 33.8 Å². The Morgan fingerprint density at radius 2 is 0.541 bits per heavy atom. The van der Waals surface area contributed by atoms with Crippen molar-refractivity contribution in [2.24, 2.45) is 0 Å². The van der Waals surface area contributed by atoms with Gasteiger partial charge >= 0.3 is 39.5 Å². The summed E-state index contributed by atoms with van der Waals surface area (Å²) >= 11 is 0. The molecule has 98 heavy (non-hydrogen) atoms. The van der Waals surface area contributed by atoms with Crippen molar-refractivity contribution in [3.63, 3.8) is 0 Å². The molecule has 0 saturated carbocycles. The van der Waals surface area contributed by atoms with E-state index in [1.165, 1.54) is 109 Å². The highest BCUT2D eigenvalue weighted by atomic mass is 31.2. The van der Waals surface area contributed by atoms with E-state index in [1.807, 2.05) is 0 Å². The summed E-state index contributed by atoms with van der Waals surface area (Å²) in [4.78, 5) is 72.8. The molecule has 5 unspecified atom stereocenters. The molecule has 0 aromatic carbocycles. The van der Waals surface area contributed by atoms with Crippen LogP contribution in [0.2, 0.25) is 0 Å². The molecule has 3 N–H and O–H groups in total. The van der Waals surface area contributed by atoms with Gasteiger partial charge in [0.15, 0.2) is 12.2 Å². The zero-order valence-electron chi connectivity index (χ0n) is 62.2. The van der Waals surface area contributed by atoms with Gasteiger partial charge in [-0.15, -0.1) is 0 Å². The van der Waals surface area contributed by atoms with Crippen molar-refractivity contribution in [2.75, 3.05) is 39.6 Å². The molecule has 0 rings (SSSR count). The Bertz CT molecular complexity index is 2140. The highest BCUT2D eigenvalue weighted by molar-refractivity contribution is 7.47. The Morgan fingerprint density at radius 3 is 0.857 bits per heavy atom. The lowest BCUT2D eigenvalue weighted by Crippen LogP contribution is -2.30. The highest BCUT2D eigenvalue weighted by Crippen LogP contribution is 2.45. The second-order valence-electron chi connectivity index (χ2n) is 26.3. The first-order valence-electron chi connectivity index (χ1n) is 39.2. The predicted octanol–water partition coefficient (Wildman–Crippen LogP) is 22.4. The summed E-state index contributed by atoms with van der Waals surface area (Å²) in [6, 6.07) is 0. The van der Waals surface area contributed by atoms with Crippen LogP contribution in [0.25, 0.3) is 0 Å². The van der Waals surface area contributed by atoms with Crippen molar-refractivity contribution in [1.29, 1.82) is 0 Å². The molecule has 0 spiro atoms. The highest BCUT2D eigenvalue weighted by Gasteiger charge is 2.30. The van der Waals surface area contributed by atoms with Crippen LogP contribution in [0.3, 0.4) is 0 Å². The first-order chi connectivity index (χ1) is 47.7. The SMILES string of the molecule is CC/C=C\C/C=C\C/C=C\C/C=C\CCCCCCCCC(=O)OCC(COP(=O)(O)OCC(O)COP(=O)(O)OCC(COC(=O)CCCCCCCCCCCCCCC)OC(=O)CCCCCCC/C=C\CCCC)OC(=O)CCCCCCC/C=C\CCCCCCCC. The van der Waals surface area contributed by atoms with Gasteiger partial charge in [0, 0.05) is 25.7 Å². The van der Waals surface area contributed by atoms with Gasteiger partial charge in [-0.05, 0) is 109 Å². The number of hydrogen-bond donors (Lipinski definition) is 3. The molecule has 0 bridgehead atoms. The fraction of sp³-hybridized carbons (Fsp3) is 0.797. The topological polar surface area (TPSA) is 237 Å². The van der Waals surface area contributed by atoms with E-state index in [-0.39, 0.29) is 25.7 Å². The molecule has 0 radical (unpaired) electrons. The van der Waals surface area contributed by atoms with E-state index >= 15 is 0 Å². The fourth-order valence-corrected chi connectivity index (χ4v) is 12.2. The second kappa shape index (κ2) is 71.9. The number of aliphatic hydroxyl groups excluding tert-OH is 1. The van der Waals surface area contributed by atoms with Crippen LogP contribution in [0.15, 0.2) is 72.9 Å². The van der Waals surface area contributed by atoms with Gasteiger partial charge in [-0.1, -0.05) is 287 Å². The van der Waals surface area contributed by atoms with Gasteiger partial charge in [0.05, 0.1) is 26.4 Å². The number of phosphoric ester groups is 2. The maximum Gasteiger partial charge on any atom is 0.472 e. The summed E-state index contributed by atoms with van der Waals surface area (Å²) < 4.78 is 68.5. The Hall–Kier alpha value is -3.50. The normalized spacial score (nSPS) is 14.3. The smallest absolute Gasteiger partial charge is 0.462 e. The van der Waals surface area contributed by atoms with Gasteiger partial charge in [-0.2, -0.15) is 0 Å². The second-order valence-corrected chi connectivity index (χ2v) is 29.2. The zero-order valence-corrected chi connectivity index (χ0v) is 64.0. The molecule has 0 aliphatic carbocycles. The third-order valence-electron chi connectivity index (χ3n) is 16.7. The Balaban J connectivity index is 5.31. The molecule has 5 atom stereocenters. The summed E-state index contributed by atoms with van der Waals surface area (Å²) in [6.45, 7) is 4.73. The average Bonchev–Trinajstić information content (AvgIpc) is 0.992. The number of aliphatic hydroxyl groups is 1. The Morgan fingerprint density at radius 1 is 0.296 bits per heavy atom. The quantitative estimate of drug-likeness (QED) is 0.0169. The van der Waals surface area contributed by atoms with Gasteiger partial charge in [0.25, 0.3) is 0 Å². The third-order valence-corrected chi connectivity index (χ3v) is 18.6. The predicted molar refractivity (Wildman–Crippen MR) is 400 cm³/mol. The van der Waals surface area contributed by atoms with Crippen molar-refractivity contribution in [3.8, 4) is 0 Å². The number of hydrogen-bond acceptors (Lipinski definition) is 15. The van der Waals surface area contributed by atoms with E-state index < -0.39 is 97.5 Å². The molecule has 0 aliphatic heterocycles. The van der Waals surface area contributed by atoms with Gasteiger partial charge in [0.1, 0.15) is 19.3 Å². The number of carbonyl (C=O) groups is 4. The van der Waals surface area contributed by atoms with Crippen LogP contribution in [-0.4, -0.2) is 96.7 Å². The van der Waals surface area contributed by atoms with Crippen LogP contribution in [0.4, 0.5) is 0 Å². The van der Waals surface area contributed by atoms with Crippen LogP contribution in [-0.2, 0) is 65.4 Å². The summed E-state index contributed by atoms with van der Waals surface area (Å²) in [5, 5.41) is 10.6. The van der Waals surface area contributed by atoms with Crippen molar-refractivity contribution < 1.29 is 80.2 Å². The summed E-state index contributed by atoms with van der Waals surface area (Å²) in [7, 11) is -9.94. The van der Waals surface area contributed by atoms with Crippen LogP contribution >= 0.6 is 15.6 Å². The molecule has 0 amide bonds. The van der Waals surface area contributed by atoms with Crippen LogP contribution in [0.1, 0.15) is 349 Å². The standard InChI is InChI=1S/C79H142O17P2/c1-5-9-13-17-21-25-29-32-34-35-36-37-39-41-45-48-52-56-60-64-77(82)90-70-75(96-79(84)66-62-58-54-50-46-42-38-33-30-26-22-18-14-10-6-2)72-94-98(87,88)92-68-73(80)67-91-97(85,86)93-71-74(95-78(83)65-61-57-53-49-43-28-24-20-16-12-8-4)69-89-76(81)63-59-55-51-47-44-40-31-27-23-19-15-11-7-3/h9,13,20-21,24-25,32-34,36-38,73-75,80H,5-8,10-12,14-19,22-23,26-31,35,39-72H2,1-4H3,(H,85,86)(H,87,88)/b13-9-,24-20-,25-21-,34-32-,37-36-,38-33-. The maximum absolute atomic E-state index is 13.1. The number of ether oxygens (including phenoxy) is 4. The molecule has 0 heterocycles.